The van der Waals surface area contributed by atoms with Gasteiger partial charge in [0.25, 0.3) is 0 Å². The molecule has 1 atom stereocenters. The number of likely N-dealkylation sites (tertiary alicyclic amines) is 1. The van der Waals surface area contributed by atoms with Gasteiger partial charge in [0.15, 0.2) is 0 Å². The number of rotatable bonds is 4. The molecular formula is C21H28FN3O. The molecule has 5 heteroatoms. The minimum absolute atomic E-state index is 0.165. The zero-order chi connectivity index (χ0) is 17.9. The highest BCUT2D eigenvalue weighted by Crippen LogP contribution is 2.22. The Bertz CT molecular complexity index is 706. The average molecular weight is 357 g/mol. The first-order chi connectivity index (χ1) is 12.7. The number of nitrogens with zero attached hydrogens (tertiary/aromatic N) is 3. The number of piperazine rings is 1. The highest BCUT2D eigenvalue weighted by Gasteiger charge is 2.28. The lowest BCUT2D eigenvalue weighted by atomic mass is 10.0. The molecule has 1 aromatic carbocycles. The van der Waals surface area contributed by atoms with Crippen molar-refractivity contribution in [2.75, 3.05) is 44.2 Å². The molecule has 2 fully saturated rings. The first kappa shape index (κ1) is 17.6. The molecule has 0 radical (unpaired) electrons. The van der Waals surface area contributed by atoms with Crippen LogP contribution in [0.4, 0.5) is 10.1 Å². The van der Waals surface area contributed by atoms with Crippen LogP contribution in [0.3, 0.4) is 0 Å². The highest BCUT2D eigenvalue weighted by atomic mass is 19.1. The SMILES string of the molecule is Cc1ccc(CN2CCC[C@H](N3CCN(c4ccc(F)cc4)CC3)C2)o1. The van der Waals surface area contributed by atoms with E-state index in [1.807, 2.05) is 25.1 Å². The molecular weight excluding hydrogens is 329 g/mol. The summed E-state index contributed by atoms with van der Waals surface area (Å²) in [6.07, 6.45) is 2.53. The Kier molecular flexibility index (Phi) is 5.27. The second kappa shape index (κ2) is 7.80. The van der Waals surface area contributed by atoms with Crippen molar-refractivity contribution >= 4 is 5.69 Å². The molecule has 1 aromatic heterocycles. The minimum atomic E-state index is -0.165. The Morgan fingerprint density at radius 2 is 1.77 bits per heavy atom. The molecule has 0 aliphatic carbocycles. The summed E-state index contributed by atoms with van der Waals surface area (Å²) in [5.74, 6) is 1.90. The summed E-state index contributed by atoms with van der Waals surface area (Å²) in [7, 11) is 0. The number of hydrogen-bond acceptors (Lipinski definition) is 4. The maximum Gasteiger partial charge on any atom is 0.123 e. The fourth-order valence-electron chi connectivity index (χ4n) is 4.26. The number of halogens is 1. The summed E-state index contributed by atoms with van der Waals surface area (Å²) in [4.78, 5) is 7.53. The highest BCUT2D eigenvalue weighted by molar-refractivity contribution is 5.46. The van der Waals surface area contributed by atoms with Crippen molar-refractivity contribution in [3.8, 4) is 0 Å². The first-order valence-electron chi connectivity index (χ1n) is 9.69. The first-order valence-corrected chi connectivity index (χ1v) is 9.69. The van der Waals surface area contributed by atoms with Crippen molar-refractivity contribution < 1.29 is 8.81 Å². The van der Waals surface area contributed by atoms with E-state index in [4.69, 9.17) is 4.42 Å². The van der Waals surface area contributed by atoms with Gasteiger partial charge in [0, 0.05) is 44.5 Å². The molecule has 4 rings (SSSR count). The van der Waals surface area contributed by atoms with E-state index >= 15 is 0 Å². The van der Waals surface area contributed by atoms with E-state index in [0.29, 0.717) is 6.04 Å². The maximum atomic E-state index is 13.1. The Labute approximate surface area is 155 Å². The Morgan fingerprint density at radius 1 is 1.00 bits per heavy atom. The van der Waals surface area contributed by atoms with Crippen LogP contribution >= 0.6 is 0 Å². The van der Waals surface area contributed by atoms with Gasteiger partial charge in [-0.1, -0.05) is 0 Å². The van der Waals surface area contributed by atoms with Gasteiger partial charge in [0.05, 0.1) is 6.54 Å². The molecule has 0 saturated carbocycles. The van der Waals surface area contributed by atoms with Crippen LogP contribution in [0.2, 0.25) is 0 Å². The summed E-state index contributed by atoms with van der Waals surface area (Å²) in [5, 5.41) is 0. The van der Waals surface area contributed by atoms with E-state index < -0.39 is 0 Å². The van der Waals surface area contributed by atoms with Crippen LogP contribution in [0.25, 0.3) is 0 Å². The average Bonchev–Trinajstić information content (AvgIpc) is 3.07. The Morgan fingerprint density at radius 3 is 2.46 bits per heavy atom. The summed E-state index contributed by atoms with van der Waals surface area (Å²) in [5.41, 5.74) is 1.13. The number of aryl methyl sites for hydroxylation is 1. The molecule has 4 nitrogen and oxygen atoms in total. The quantitative estimate of drug-likeness (QED) is 0.835. The van der Waals surface area contributed by atoms with Crippen LogP contribution in [0.15, 0.2) is 40.8 Å². The van der Waals surface area contributed by atoms with Gasteiger partial charge in [-0.2, -0.15) is 0 Å². The van der Waals surface area contributed by atoms with Crippen LogP contribution in [-0.4, -0.2) is 55.1 Å². The van der Waals surface area contributed by atoms with E-state index in [-0.39, 0.29) is 5.82 Å². The molecule has 140 valence electrons. The predicted octanol–water partition coefficient (Wildman–Crippen LogP) is 3.51. The van der Waals surface area contributed by atoms with Crippen LogP contribution < -0.4 is 4.90 Å². The van der Waals surface area contributed by atoms with Crippen molar-refractivity contribution in [1.82, 2.24) is 9.80 Å². The van der Waals surface area contributed by atoms with Crippen LogP contribution in [0, 0.1) is 12.7 Å². The molecule has 3 heterocycles. The van der Waals surface area contributed by atoms with Gasteiger partial charge in [0.1, 0.15) is 17.3 Å². The van der Waals surface area contributed by atoms with E-state index in [1.54, 1.807) is 12.1 Å². The van der Waals surface area contributed by atoms with E-state index in [0.717, 1.165) is 63.0 Å². The monoisotopic (exact) mass is 357 g/mol. The van der Waals surface area contributed by atoms with Crippen LogP contribution in [-0.2, 0) is 6.54 Å². The van der Waals surface area contributed by atoms with Gasteiger partial charge in [-0.25, -0.2) is 4.39 Å². The number of anilines is 1. The number of piperidine rings is 1. The third-order valence-electron chi connectivity index (χ3n) is 5.68. The van der Waals surface area contributed by atoms with Gasteiger partial charge in [0.2, 0.25) is 0 Å². The summed E-state index contributed by atoms with van der Waals surface area (Å²) < 4.78 is 18.9. The molecule has 0 amide bonds. The zero-order valence-electron chi connectivity index (χ0n) is 15.5. The van der Waals surface area contributed by atoms with Crippen molar-refractivity contribution in [3.63, 3.8) is 0 Å². The number of hydrogen-bond donors (Lipinski definition) is 0. The van der Waals surface area contributed by atoms with Gasteiger partial charge in [-0.3, -0.25) is 9.80 Å². The minimum Gasteiger partial charge on any atom is -0.465 e. The second-order valence-electron chi connectivity index (χ2n) is 7.54. The fourth-order valence-corrected chi connectivity index (χ4v) is 4.26. The lowest BCUT2D eigenvalue weighted by Crippen LogP contribution is -2.55. The molecule has 0 unspecified atom stereocenters. The zero-order valence-corrected chi connectivity index (χ0v) is 15.5. The molecule has 0 N–H and O–H groups in total. The largest absolute Gasteiger partial charge is 0.465 e. The lowest BCUT2D eigenvalue weighted by molar-refractivity contribution is 0.0848. The molecule has 2 aliphatic rings. The molecule has 0 bridgehead atoms. The standard InChI is InChI=1S/C21H28FN3O/c1-17-4-9-21(26-17)16-23-10-2-3-20(15-23)25-13-11-24(12-14-25)19-7-5-18(22)6-8-19/h4-9,20H,2-3,10-16H2,1H3/t20-/m0/s1. The number of benzene rings is 1. The van der Waals surface area contributed by atoms with Crippen LogP contribution in [0.1, 0.15) is 24.4 Å². The maximum absolute atomic E-state index is 13.1. The number of furan rings is 1. The lowest BCUT2D eigenvalue weighted by Gasteiger charge is -2.43. The smallest absolute Gasteiger partial charge is 0.123 e. The van der Waals surface area contributed by atoms with Crippen molar-refractivity contribution in [2.45, 2.75) is 32.4 Å². The van der Waals surface area contributed by atoms with E-state index in [1.165, 1.54) is 12.8 Å². The van der Waals surface area contributed by atoms with E-state index in [2.05, 4.69) is 20.8 Å². The van der Waals surface area contributed by atoms with Gasteiger partial charge >= 0.3 is 0 Å². The summed E-state index contributed by atoms with van der Waals surface area (Å²) >= 11 is 0. The third kappa shape index (κ3) is 4.10. The molecule has 26 heavy (non-hydrogen) atoms. The van der Waals surface area contributed by atoms with Crippen molar-refractivity contribution in [1.29, 1.82) is 0 Å². The van der Waals surface area contributed by atoms with E-state index in [9.17, 15) is 4.39 Å². The van der Waals surface area contributed by atoms with Gasteiger partial charge < -0.3 is 9.32 Å². The van der Waals surface area contributed by atoms with Gasteiger partial charge in [-0.15, -0.1) is 0 Å². The summed E-state index contributed by atoms with van der Waals surface area (Å²) in [6, 6.07) is 11.7. The van der Waals surface area contributed by atoms with Crippen molar-refractivity contribution in [3.05, 3.63) is 53.7 Å². The molecule has 2 aromatic rings. The molecule has 2 saturated heterocycles. The topological polar surface area (TPSA) is 22.9 Å². The fraction of sp³-hybridized carbons (Fsp3) is 0.524. The van der Waals surface area contributed by atoms with Crippen LogP contribution in [0.5, 0.6) is 0 Å². The predicted molar refractivity (Wildman–Crippen MR) is 102 cm³/mol. The third-order valence-corrected chi connectivity index (χ3v) is 5.68. The molecule has 0 spiro atoms. The van der Waals surface area contributed by atoms with Gasteiger partial charge in [-0.05, 0) is 62.7 Å². The second-order valence-corrected chi connectivity index (χ2v) is 7.54. The Balaban J connectivity index is 1.30. The Hall–Kier alpha value is -1.85. The molecule has 2 aliphatic heterocycles. The van der Waals surface area contributed by atoms with Crippen molar-refractivity contribution in [2.24, 2.45) is 0 Å². The normalized spacial score (nSPS) is 22.7. The summed E-state index contributed by atoms with van der Waals surface area (Å²) in [6.45, 7) is 9.38.